The molecule has 0 saturated carbocycles. The van der Waals surface area contributed by atoms with E-state index < -0.39 is 0 Å². The first-order valence-corrected chi connectivity index (χ1v) is 9.69. The quantitative estimate of drug-likeness (QED) is 0.461. The second kappa shape index (κ2) is 8.84. The Bertz CT molecular complexity index is 953. The first-order valence-electron chi connectivity index (χ1n) is 9.69. The molecule has 1 aliphatic rings. The van der Waals surface area contributed by atoms with E-state index in [9.17, 15) is 4.79 Å². The Morgan fingerprint density at radius 3 is 2.61 bits per heavy atom. The molecule has 0 bridgehead atoms. The largest absolute Gasteiger partial charge is 0.493 e. The van der Waals surface area contributed by atoms with Crippen LogP contribution in [0.4, 0.5) is 5.95 Å². The summed E-state index contributed by atoms with van der Waals surface area (Å²) in [4.78, 5) is 25.0. The minimum absolute atomic E-state index is 0.381. The van der Waals surface area contributed by atoms with Crippen molar-refractivity contribution in [2.75, 3.05) is 44.2 Å². The van der Waals surface area contributed by atoms with E-state index in [0.717, 1.165) is 56.9 Å². The van der Waals surface area contributed by atoms with Crippen LogP contribution in [0.25, 0.3) is 11.0 Å². The number of ether oxygens (including phenoxy) is 1. The average molecular weight is 380 g/mol. The third kappa shape index (κ3) is 4.48. The number of benzene rings is 1. The molecule has 0 amide bonds. The summed E-state index contributed by atoms with van der Waals surface area (Å²) in [5.41, 5.74) is 0.180. The number of fused-ring (bicyclic) bond motifs is 1. The molecular weight excluding hydrogens is 356 g/mol. The molecule has 3 aromatic rings. The highest BCUT2D eigenvalue weighted by molar-refractivity contribution is 5.82. The number of hydrogen-bond acceptors (Lipinski definition) is 7. The predicted octanol–water partition coefficient (Wildman–Crippen LogP) is 2.56. The van der Waals surface area contributed by atoms with E-state index in [1.54, 1.807) is 18.5 Å². The van der Waals surface area contributed by atoms with E-state index >= 15 is 0 Å². The number of rotatable bonds is 7. The number of hydrogen-bond donors (Lipinski definition) is 0. The van der Waals surface area contributed by atoms with Gasteiger partial charge < -0.3 is 14.1 Å². The third-order valence-corrected chi connectivity index (χ3v) is 4.95. The van der Waals surface area contributed by atoms with Gasteiger partial charge in [-0.1, -0.05) is 12.1 Å². The fourth-order valence-corrected chi connectivity index (χ4v) is 3.45. The van der Waals surface area contributed by atoms with Gasteiger partial charge in [-0.2, -0.15) is 0 Å². The van der Waals surface area contributed by atoms with Gasteiger partial charge in [0.1, 0.15) is 11.3 Å². The summed E-state index contributed by atoms with van der Waals surface area (Å²) in [6.45, 7) is 5.57. The summed E-state index contributed by atoms with van der Waals surface area (Å²) in [6.07, 6.45) is 5.57. The molecule has 0 spiro atoms. The van der Waals surface area contributed by atoms with Gasteiger partial charge in [-0.15, -0.1) is 0 Å². The van der Waals surface area contributed by atoms with Crippen LogP contribution in [-0.2, 0) is 0 Å². The highest BCUT2D eigenvalue weighted by Crippen LogP contribution is 2.23. The SMILES string of the molecule is O=c1cc(OCCCCN2CCN(c3ncccn3)CC2)c2ccccc2o1. The Balaban J connectivity index is 1.20. The summed E-state index contributed by atoms with van der Waals surface area (Å²) < 4.78 is 11.1. The van der Waals surface area contributed by atoms with E-state index in [1.165, 1.54) is 6.07 Å². The molecule has 0 aliphatic carbocycles. The first kappa shape index (κ1) is 18.4. The third-order valence-electron chi connectivity index (χ3n) is 4.95. The number of nitrogens with zero attached hydrogens (tertiary/aromatic N) is 4. The zero-order valence-electron chi connectivity index (χ0n) is 15.8. The highest BCUT2D eigenvalue weighted by Gasteiger charge is 2.18. The smallest absolute Gasteiger partial charge is 0.339 e. The van der Waals surface area contributed by atoms with Gasteiger partial charge in [-0.25, -0.2) is 14.8 Å². The van der Waals surface area contributed by atoms with Gasteiger partial charge in [0.2, 0.25) is 5.95 Å². The summed E-state index contributed by atoms with van der Waals surface area (Å²) in [5, 5.41) is 0.835. The molecule has 4 rings (SSSR count). The molecule has 1 aliphatic heterocycles. The van der Waals surface area contributed by atoms with E-state index in [0.29, 0.717) is 17.9 Å². The molecule has 1 fully saturated rings. The number of para-hydroxylation sites is 1. The van der Waals surface area contributed by atoms with E-state index in [2.05, 4.69) is 19.8 Å². The average Bonchev–Trinajstić information content (AvgIpc) is 2.74. The molecule has 7 heteroatoms. The lowest BCUT2D eigenvalue weighted by atomic mass is 10.2. The monoisotopic (exact) mass is 380 g/mol. The van der Waals surface area contributed by atoms with E-state index in [-0.39, 0.29) is 5.63 Å². The Morgan fingerprint density at radius 1 is 1.00 bits per heavy atom. The van der Waals surface area contributed by atoms with Gasteiger partial charge in [0.25, 0.3) is 0 Å². The molecule has 3 heterocycles. The standard InChI is InChI=1S/C21H24N4O3/c26-20-16-19(17-6-1-2-7-18(17)28-20)27-15-4-3-10-24-11-13-25(14-12-24)21-22-8-5-9-23-21/h1-2,5-9,16H,3-4,10-15H2. The van der Waals surface area contributed by atoms with Crippen LogP contribution in [0.5, 0.6) is 5.75 Å². The van der Waals surface area contributed by atoms with Crippen LogP contribution in [0, 0.1) is 0 Å². The summed E-state index contributed by atoms with van der Waals surface area (Å²) in [7, 11) is 0. The molecule has 146 valence electrons. The first-order chi connectivity index (χ1) is 13.8. The maximum atomic E-state index is 11.7. The highest BCUT2D eigenvalue weighted by atomic mass is 16.5. The Hall–Kier alpha value is -2.93. The molecule has 28 heavy (non-hydrogen) atoms. The number of piperazine rings is 1. The van der Waals surface area contributed by atoms with E-state index in [1.807, 2.05) is 24.3 Å². The zero-order valence-corrected chi connectivity index (χ0v) is 15.8. The molecule has 2 aromatic heterocycles. The lowest BCUT2D eigenvalue weighted by molar-refractivity contribution is 0.238. The second-order valence-corrected chi connectivity index (χ2v) is 6.86. The molecule has 0 atom stereocenters. The summed E-state index contributed by atoms with van der Waals surface area (Å²) in [6, 6.07) is 10.7. The lowest BCUT2D eigenvalue weighted by Crippen LogP contribution is -2.47. The van der Waals surface area contributed by atoms with Crippen LogP contribution >= 0.6 is 0 Å². The van der Waals surface area contributed by atoms with Gasteiger partial charge in [0.15, 0.2) is 0 Å². The molecule has 0 unspecified atom stereocenters. The molecule has 7 nitrogen and oxygen atoms in total. The van der Waals surface area contributed by atoms with Gasteiger partial charge >= 0.3 is 5.63 Å². The van der Waals surface area contributed by atoms with Crippen LogP contribution in [0.3, 0.4) is 0 Å². The fraction of sp³-hybridized carbons (Fsp3) is 0.381. The maximum Gasteiger partial charge on any atom is 0.339 e. The molecular formula is C21H24N4O3. The zero-order chi connectivity index (χ0) is 19.2. The Morgan fingerprint density at radius 2 is 1.79 bits per heavy atom. The van der Waals surface area contributed by atoms with Crippen molar-refractivity contribution in [3.8, 4) is 5.75 Å². The van der Waals surface area contributed by atoms with Crippen LogP contribution < -0.4 is 15.3 Å². The van der Waals surface area contributed by atoms with Crippen molar-refractivity contribution in [3.63, 3.8) is 0 Å². The predicted molar refractivity (Wildman–Crippen MR) is 108 cm³/mol. The normalized spacial score (nSPS) is 15.1. The Labute approximate surface area is 163 Å². The van der Waals surface area contributed by atoms with Crippen molar-refractivity contribution >= 4 is 16.9 Å². The minimum Gasteiger partial charge on any atom is -0.493 e. The Kier molecular flexibility index (Phi) is 5.82. The maximum absolute atomic E-state index is 11.7. The van der Waals surface area contributed by atoms with Crippen molar-refractivity contribution in [1.82, 2.24) is 14.9 Å². The van der Waals surface area contributed by atoms with Gasteiger partial charge in [-0.05, 0) is 37.6 Å². The van der Waals surface area contributed by atoms with Gasteiger partial charge in [0, 0.05) is 38.6 Å². The van der Waals surface area contributed by atoms with Crippen molar-refractivity contribution in [1.29, 1.82) is 0 Å². The lowest BCUT2D eigenvalue weighted by Gasteiger charge is -2.34. The van der Waals surface area contributed by atoms with Crippen molar-refractivity contribution in [2.45, 2.75) is 12.8 Å². The van der Waals surface area contributed by atoms with Gasteiger partial charge in [0.05, 0.1) is 18.1 Å². The van der Waals surface area contributed by atoms with Crippen LogP contribution in [0.15, 0.2) is 58.0 Å². The van der Waals surface area contributed by atoms with Crippen LogP contribution in [0.2, 0.25) is 0 Å². The molecule has 0 N–H and O–H groups in total. The van der Waals surface area contributed by atoms with Crippen LogP contribution in [-0.4, -0.2) is 54.2 Å². The second-order valence-electron chi connectivity index (χ2n) is 6.86. The molecule has 1 aromatic carbocycles. The van der Waals surface area contributed by atoms with Crippen LogP contribution in [0.1, 0.15) is 12.8 Å². The summed E-state index contributed by atoms with van der Waals surface area (Å²) >= 11 is 0. The summed E-state index contributed by atoms with van der Waals surface area (Å²) in [5.74, 6) is 1.42. The van der Waals surface area contributed by atoms with E-state index in [4.69, 9.17) is 9.15 Å². The number of aromatic nitrogens is 2. The number of unbranched alkanes of at least 4 members (excludes halogenated alkanes) is 1. The van der Waals surface area contributed by atoms with Gasteiger partial charge in [-0.3, -0.25) is 4.90 Å². The number of anilines is 1. The molecule has 0 radical (unpaired) electrons. The van der Waals surface area contributed by atoms with Crippen molar-refractivity contribution in [2.24, 2.45) is 0 Å². The topological polar surface area (TPSA) is 71.7 Å². The van der Waals surface area contributed by atoms with Crippen molar-refractivity contribution < 1.29 is 9.15 Å². The van der Waals surface area contributed by atoms with Crippen molar-refractivity contribution in [3.05, 3.63) is 59.2 Å². The molecule has 1 saturated heterocycles. The fourth-order valence-electron chi connectivity index (χ4n) is 3.45. The minimum atomic E-state index is -0.381.